The van der Waals surface area contributed by atoms with Crippen molar-refractivity contribution in [2.75, 3.05) is 20.1 Å². The number of allylic oxidation sites excluding steroid dienone is 1. The van der Waals surface area contributed by atoms with Gasteiger partial charge in [-0.05, 0) is 31.7 Å². The lowest BCUT2D eigenvalue weighted by atomic mass is 9.94. The van der Waals surface area contributed by atoms with Gasteiger partial charge in [-0.1, -0.05) is 18.2 Å². The zero-order valence-electron chi connectivity index (χ0n) is 14.9. The van der Waals surface area contributed by atoms with Crippen LogP contribution in [-0.4, -0.2) is 34.8 Å². The fourth-order valence-corrected chi connectivity index (χ4v) is 3.43. The minimum absolute atomic E-state index is 0.188. The summed E-state index contributed by atoms with van der Waals surface area (Å²) in [6, 6.07) is 6.95. The van der Waals surface area contributed by atoms with E-state index in [4.69, 9.17) is 0 Å². The SMILES string of the molecule is C=CCn1cc(CN(C)CC2CNNC2c2ccc(F)cc2)c(C)n1. The van der Waals surface area contributed by atoms with Gasteiger partial charge in [0.05, 0.1) is 18.3 Å². The molecule has 1 aromatic carbocycles. The number of aromatic nitrogens is 2. The van der Waals surface area contributed by atoms with E-state index in [-0.39, 0.29) is 11.9 Å². The highest BCUT2D eigenvalue weighted by molar-refractivity contribution is 5.22. The van der Waals surface area contributed by atoms with E-state index in [0.29, 0.717) is 5.92 Å². The van der Waals surface area contributed by atoms with Crippen molar-refractivity contribution in [3.8, 4) is 0 Å². The van der Waals surface area contributed by atoms with Crippen molar-refractivity contribution in [2.45, 2.75) is 26.1 Å². The highest BCUT2D eigenvalue weighted by Crippen LogP contribution is 2.26. The van der Waals surface area contributed by atoms with Gasteiger partial charge < -0.3 is 4.90 Å². The van der Waals surface area contributed by atoms with Gasteiger partial charge in [-0.15, -0.1) is 6.58 Å². The third-order valence-corrected chi connectivity index (χ3v) is 4.67. The van der Waals surface area contributed by atoms with E-state index in [1.807, 2.05) is 29.8 Å². The maximum atomic E-state index is 13.2. The van der Waals surface area contributed by atoms with E-state index < -0.39 is 0 Å². The summed E-state index contributed by atoms with van der Waals surface area (Å²) in [6.45, 7) is 9.22. The molecule has 0 radical (unpaired) electrons. The van der Waals surface area contributed by atoms with Crippen LogP contribution in [0.15, 0.2) is 43.1 Å². The molecule has 0 spiro atoms. The summed E-state index contributed by atoms with van der Waals surface area (Å²) in [5.41, 5.74) is 9.97. The van der Waals surface area contributed by atoms with Gasteiger partial charge in [0.2, 0.25) is 0 Å². The standard InChI is InChI=1S/C19H26FN5/c1-4-9-25-13-17(14(2)23-25)12-24(3)11-16-10-21-22-19(16)15-5-7-18(20)8-6-15/h4-8,13,16,19,21-22H,1,9-12H2,2-3H3. The van der Waals surface area contributed by atoms with E-state index in [9.17, 15) is 4.39 Å². The van der Waals surface area contributed by atoms with Crippen molar-refractivity contribution in [2.24, 2.45) is 5.92 Å². The number of benzene rings is 1. The number of halogens is 1. The smallest absolute Gasteiger partial charge is 0.123 e. The molecule has 2 unspecified atom stereocenters. The van der Waals surface area contributed by atoms with Crippen molar-refractivity contribution >= 4 is 0 Å². The summed E-state index contributed by atoms with van der Waals surface area (Å²) in [6.07, 6.45) is 3.94. The quantitative estimate of drug-likeness (QED) is 0.758. The van der Waals surface area contributed by atoms with E-state index >= 15 is 0 Å². The molecule has 1 fully saturated rings. The van der Waals surface area contributed by atoms with E-state index in [1.165, 1.54) is 17.7 Å². The molecule has 1 aromatic heterocycles. The molecule has 1 aliphatic rings. The maximum absolute atomic E-state index is 13.2. The predicted octanol–water partition coefficient (Wildman–Crippen LogP) is 2.41. The molecule has 0 aliphatic carbocycles. The molecular weight excluding hydrogens is 317 g/mol. The first-order valence-electron chi connectivity index (χ1n) is 8.63. The number of hydrogen-bond acceptors (Lipinski definition) is 4. The van der Waals surface area contributed by atoms with Gasteiger partial charge in [0.25, 0.3) is 0 Å². The molecule has 2 atom stereocenters. The Bertz CT molecular complexity index is 709. The first kappa shape index (κ1) is 17.8. The van der Waals surface area contributed by atoms with Gasteiger partial charge in [0.1, 0.15) is 5.82 Å². The minimum Gasteiger partial charge on any atom is -0.302 e. The number of hydrazine groups is 1. The molecule has 25 heavy (non-hydrogen) atoms. The van der Waals surface area contributed by atoms with Gasteiger partial charge in [0.15, 0.2) is 0 Å². The van der Waals surface area contributed by atoms with Crippen molar-refractivity contribution in [1.82, 2.24) is 25.5 Å². The lowest BCUT2D eigenvalue weighted by molar-refractivity contribution is 0.262. The zero-order valence-corrected chi connectivity index (χ0v) is 14.9. The van der Waals surface area contributed by atoms with Crippen LogP contribution in [0.5, 0.6) is 0 Å². The number of aryl methyl sites for hydroxylation is 1. The molecule has 2 heterocycles. The monoisotopic (exact) mass is 343 g/mol. The number of nitrogens with one attached hydrogen (secondary N) is 2. The second-order valence-corrected chi connectivity index (χ2v) is 6.76. The third kappa shape index (κ3) is 4.34. The molecule has 0 bridgehead atoms. The Labute approximate surface area is 148 Å². The first-order chi connectivity index (χ1) is 12.1. The number of nitrogens with zero attached hydrogens (tertiary/aromatic N) is 3. The van der Waals surface area contributed by atoms with Crippen molar-refractivity contribution in [1.29, 1.82) is 0 Å². The number of rotatable bonds is 7. The molecule has 6 heteroatoms. The first-order valence-corrected chi connectivity index (χ1v) is 8.63. The van der Waals surface area contributed by atoms with Crippen LogP contribution in [0.2, 0.25) is 0 Å². The van der Waals surface area contributed by atoms with Crippen LogP contribution in [0.3, 0.4) is 0 Å². The van der Waals surface area contributed by atoms with Gasteiger partial charge in [-0.3, -0.25) is 10.1 Å². The topological polar surface area (TPSA) is 45.1 Å². The van der Waals surface area contributed by atoms with Crippen LogP contribution in [-0.2, 0) is 13.1 Å². The Kier molecular flexibility index (Phi) is 5.63. The highest BCUT2D eigenvalue weighted by Gasteiger charge is 2.29. The van der Waals surface area contributed by atoms with Gasteiger partial charge in [-0.25, -0.2) is 9.82 Å². The zero-order chi connectivity index (χ0) is 17.8. The summed E-state index contributed by atoms with van der Waals surface area (Å²) in [4.78, 5) is 2.32. The molecule has 5 nitrogen and oxygen atoms in total. The summed E-state index contributed by atoms with van der Waals surface area (Å²) in [5, 5.41) is 4.51. The Morgan fingerprint density at radius 2 is 2.16 bits per heavy atom. The van der Waals surface area contributed by atoms with E-state index in [0.717, 1.165) is 37.4 Å². The van der Waals surface area contributed by atoms with E-state index in [1.54, 1.807) is 0 Å². The largest absolute Gasteiger partial charge is 0.302 e. The second kappa shape index (κ2) is 7.91. The Morgan fingerprint density at radius 3 is 2.88 bits per heavy atom. The van der Waals surface area contributed by atoms with Crippen molar-refractivity contribution in [3.05, 3.63) is 65.8 Å². The molecule has 2 aromatic rings. The molecule has 0 saturated carbocycles. The Hall–Kier alpha value is -2.02. The molecule has 0 amide bonds. The molecule has 1 saturated heterocycles. The van der Waals surface area contributed by atoms with Crippen molar-refractivity contribution < 1.29 is 4.39 Å². The average Bonchev–Trinajstić information content (AvgIpc) is 3.16. The fourth-order valence-electron chi connectivity index (χ4n) is 3.43. The van der Waals surface area contributed by atoms with Crippen LogP contribution in [0.4, 0.5) is 4.39 Å². The normalized spacial score (nSPS) is 20.3. The summed E-state index contributed by atoms with van der Waals surface area (Å²) < 4.78 is 15.1. The predicted molar refractivity (Wildman–Crippen MR) is 97.3 cm³/mol. The van der Waals surface area contributed by atoms with Gasteiger partial charge >= 0.3 is 0 Å². The third-order valence-electron chi connectivity index (χ3n) is 4.67. The Morgan fingerprint density at radius 1 is 1.40 bits per heavy atom. The Balaban J connectivity index is 1.62. The lowest BCUT2D eigenvalue weighted by Gasteiger charge is -2.24. The van der Waals surface area contributed by atoms with Crippen molar-refractivity contribution in [3.63, 3.8) is 0 Å². The molecule has 2 N–H and O–H groups in total. The molecule has 134 valence electrons. The van der Waals surface area contributed by atoms with Crippen LogP contribution in [0, 0.1) is 18.7 Å². The maximum Gasteiger partial charge on any atom is 0.123 e. The fraction of sp³-hybridized carbons (Fsp3) is 0.421. The van der Waals surface area contributed by atoms with Gasteiger partial charge in [-0.2, -0.15) is 5.10 Å². The molecule has 3 rings (SSSR count). The minimum atomic E-state index is -0.199. The van der Waals surface area contributed by atoms with Crippen LogP contribution in [0.25, 0.3) is 0 Å². The highest BCUT2D eigenvalue weighted by atomic mass is 19.1. The second-order valence-electron chi connectivity index (χ2n) is 6.76. The van der Waals surface area contributed by atoms with E-state index in [2.05, 4.69) is 40.7 Å². The summed E-state index contributed by atoms with van der Waals surface area (Å²) in [5.74, 6) is 0.217. The summed E-state index contributed by atoms with van der Waals surface area (Å²) in [7, 11) is 2.13. The molecule has 1 aliphatic heterocycles. The summed E-state index contributed by atoms with van der Waals surface area (Å²) >= 11 is 0. The van der Waals surface area contributed by atoms with Crippen LogP contribution >= 0.6 is 0 Å². The number of hydrogen-bond donors (Lipinski definition) is 2. The lowest BCUT2D eigenvalue weighted by Crippen LogP contribution is -2.30. The van der Waals surface area contributed by atoms with Gasteiger partial charge in [0, 0.05) is 37.3 Å². The average molecular weight is 343 g/mol. The van der Waals surface area contributed by atoms with Crippen LogP contribution in [0.1, 0.15) is 22.9 Å². The van der Waals surface area contributed by atoms with Crippen LogP contribution < -0.4 is 10.9 Å². The molecular formula is C19H26FN5.